The molecule has 9 nitrogen and oxygen atoms in total. The van der Waals surface area contributed by atoms with Crippen LogP contribution in [0.15, 0.2) is 0 Å². The minimum Gasteiger partial charge on any atom is -0.481 e. The van der Waals surface area contributed by atoms with E-state index in [1.165, 1.54) is 0 Å². The molecule has 0 aromatic heterocycles. The largest absolute Gasteiger partial charge is 0.481 e. The number of aliphatic hydroxyl groups excluding tert-OH is 2. The van der Waals surface area contributed by atoms with Crippen LogP contribution in [0.4, 0.5) is 0 Å². The van der Waals surface area contributed by atoms with Crippen LogP contribution < -0.4 is 0 Å². The van der Waals surface area contributed by atoms with Gasteiger partial charge in [-0.05, 0) is 12.8 Å². The Morgan fingerprint density at radius 3 is 1.67 bits per heavy atom. The number of rotatable bonds is 9. The molecule has 0 saturated heterocycles. The van der Waals surface area contributed by atoms with Crippen LogP contribution >= 0.6 is 0 Å². The molecule has 1 unspecified atom stereocenters. The van der Waals surface area contributed by atoms with Gasteiger partial charge in [0.15, 0.2) is 5.60 Å². The van der Waals surface area contributed by atoms with Gasteiger partial charge in [0.2, 0.25) is 0 Å². The van der Waals surface area contributed by atoms with E-state index in [9.17, 15) is 14.4 Å². The summed E-state index contributed by atoms with van der Waals surface area (Å²) >= 11 is 0. The molecule has 0 aliphatic rings. The van der Waals surface area contributed by atoms with Crippen molar-refractivity contribution < 1.29 is 45.0 Å². The fourth-order valence-corrected chi connectivity index (χ4v) is 1.34. The second-order valence-electron chi connectivity index (χ2n) is 4.43. The summed E-state index contributed by atoms with van der Waals surface area (Å²) in [6, 6.07) is 0. The SMILES string of the molecule is CCCC(O)CCO.O=C(O)CC(O)(CC(=O)O)C(=O)O. The van der Waals surface area contributed by atoms with E-state index in [0.29, 0.717) is 6.42 Å². The third-order valence-electron chi connectivity index (χ3n) is 2.37. The molecule has 0 amide bonds. The van der Waals surface area contributed by atoms with Gasteiger partial charge in [-0.2, -0.15) is 0 Å². The van der Waals surface area contributed by atoms with Crippen LogP contribution in [-0.2, 0) is 14.4 Å². The normalized spacial score (nSPS) is 12.0. The lowest BCUT2D eigenvalue weighted by Gasteiger charge is -2.18. The summed E-state index contributed by atoms with van der Waals surface area (Å²) in [6.45, 7) is 2.11. The average Bonchev–Trinajstić information content (AvgIpc) is 2.27. The lowest BCUT2D eigenvalue weighted by Crippen LogP contribution is -2.42. The van der Waals surface area contributed by atoms with Gasteiger partial charge < -0.3 is 30.6 Å². The number of hydrogen-bond acceptors (Lipinski definition) is 6. The summed E-state index contributed by atoms with van der Waals surface area (Å²) in [5.74, 6) is -5.02. The van der Waals surface area contributed by atoms with Crippen LogP contribution in [0.5, 0.6) is 0 Å². The Bertz CT molecular complexity index is 318. The first-order valence-corrected chi connectivity index (χ1v) is 6.27. The van der Waals surface area contributed by atoms with E-state index in [4.69, 9.17) is 30.6 Å². The first kappa shape index (κ1) is 21.6. The summed E-state index contributed by atoms with van der Waals surface area (Å²) in [5.41, 5.74) is -2.74. The average molecular weight is 310 g/mol. The maximum Gasteiger partial charge on any atom is 0.336 e. The molecule has 6 N–H and O–H groups in total. The summed E-state index contributed by atoms with van der Waals surface area (Å²) in [6.07, 6.45) is -0.260. The Hall–Kier alpha value is -1.71. The lowest BCUT2D eigenvalue weighted by atomic mass is 9.96. The molecule has 0 radical (unpaired) electrons. The Kier molecular flexibility index (Phi) is 11.3. The number of aliphatic carboxylic acids is 3. The third-order valence-corrected chi connectivity index (χ3v) is 2.37. The molecule has 0 rings (SSSR count). The Morgan fingerprint density at radius 2 is 1.43 bits per heavy atom. The van der Waals surface area contributed by atoms with E-state index in [-0.39, 0.29) is 12.7 Å². The predicted octanol–water partition coefficient (Wildman–Crippen LogP) is -0.719. The molecule has 0 spiro atoms. The first-order chi connectivity index (χ1) is 9.58. The molecule has 0 fully saturated rings. The van der Waals surface area contributed by atoms with E-state index < -0.39 is 36.4 Å². The van der Waals surface area contributed by atoms with E-state index >= 15 is 0 Å². The van der Waals surface area contributed by atoms with Crippen molar-refractivity contribution in [1.29, 1.82) is 0 Å². The number of hydrogen-bond donors (Lipinski definition) is 6. The van der Waals surface area contributed by atoms with Crippen molar-refractivity contribution in [3.05, 3.63) is 0 Å². The van der Waals surface area contributed by atoms with E-state index in [0.717, 1.165) is 12.8 Å². The van der Waals surface area contributed by atoms with Crippen molar-refractivity contribution in [3.63, 3.8) is 0 Å². The highest BCUT2D eigenvalue weighted by atomic mass is 16.4. The Balaban J connectivity index is 0. The monoisotopic (exact) mass is 310 g/mol. The zero-order valence-corrected chi connectivity index (χ0v) is 11.7. The molecular weight excluding hydrogens is 288 g/mol. The van der Waals surface area contributed by atoms with Gasteiger partial charge in [-0.3, -0.25) is 9.59 Å². The maximum atomic E-state index is 10.3. The number of carbonyl (C=O) groups is 3. The molecule has 0 aliphatic heterocycles. The van der Waals surface area contributed by atoms with Gasteiger partial charge in [0, 0.05) is 6.61 Å². The molecule has 1 atom stereocenters. The zero-order chi connectivity index (χ0) is 17.1. The van der Waals surface area contributed by atoms with Crippen molar-refractivity contribution in [3.8, 4) is 0 Å². The van der Waals surface area contributed by atoms with Crippen LogP contribution in [0.25, 0.3) is 0 Å². The highest BCUT2D eigenvalue weighted by Crippen LogP contribution is 2.15. The van der Waals surface area contributed by atoms with Crippen molar-refractivity contribution in [2.24, 2.45) is 0 Å². The fraction of sp³-hybridized carbons (Fsp3) is 0.750. The fourth-order valence-electron chi connectivity index (χ4n) is 1.34. The van der Waals surface area contributed by atoms with Crippen molar-refractivity contribution in [2.45, 2.75) is 50.7 Å². The van der Waals surface area contributed by atoms with Crippen LogP contribution in [0.2, 0.25) is 0 Å². The Labute approximate surface area is 121 Å². The first-order valence-electron chi connectivity index (χ1n) is 6.27. The zero-order valence-electron chi connectivity index (χ0n) is 11.7. The molecule has 9 heteroatoms. The molecule has 0 saturated carbocycles. The number of carboxylic acids is 3. The summed E-state index contributed by atoms with van der Waals surface area (Å²) < 4.78 is 0. The quantitative estimate of drug-likeness (QED) is 0.321. The van der Waals surface area contributed by atoms with E-state index in [2.05, 4.69) is 0 Å². The lowest BCUT2D eigenvalue weighted by molar-refractivity contribution is -0.170. The minimum absolute atomic E-state index is 0.0984. The highest BCUT2D eigenvalue weighted by molar-refractivity contribution is 5.88. The molecule has 0 aliphatic carbocycles. The van der Waals surface area contributed by atoms with Crippen molar-refractivity contribution >= 4 is 17.9 Å². The van der Waals surface area contributed by atoms with Gasteiger partial charge in [0.1, 0.15) is 0 Å². The smallest absolute Gasteiger partial charge is 0.336 e. The molecule has 0 bridgehead atoms. The predicted molar refractivity (Wildman–Crippen MR) is 69.7 cm³/mol. The van der Waals surface area contributed by atoms with Gasteiger partial charge in [-0.25, -0.2) is 4.79 Å². The summed E-state index contributed by atoms with van der Waals surface area (Å²) in [5, 5.41) is 51.0. The van der Waals surface area contributed by atoms with Gasteiger partial charge in [0.05, 0.1) is 18.9 Å². The van der Waals surface area contributed by atoms with Gasteiger partial charge in [-0.15, -0.1) is 0 Å². The van der Waals surface area contributed by atoms with Crippen molar-refractivity contribution in [1.82, 2.24) is 0 Å². The molecule has 0 aromatic rings. The van der Waals surface area contributed by atoms with Crippen LogP contribution in [-0.4, -0.2) is 66.9 Å². The second-order valence-corrected chi connectivity index (χ2v) is 4.43. The van der Waals surface area contributed by atoms with Crippen LogP contribution in [0.3, 0.4) is 0 Å². The summed E-state index contributed by atoms with van der Waals surface area (Å²) in [7, 11) is 0. The number of aliphatic hydroxyl groups is 3. The number of carboxylic acid groups (broad SMARTS) is 3. The van der Waals surface area contributed by atoms with Crippen LogP contribution in [0, 0.1) is 0 Å². The van der Waals surface area contributed by atoms with E-state index in [1.807, 2.05) is 6.92 Å². The van der Waals surface area contributed by atoms with Crippen molar-refractivity contribution in [2.75, 3.05) is 6.61 Å². The standard InChI is InChI=1S/C6H8O7.C6H14O2/c7-3(8)1-6(13,5(11)12)2-4(9)10;1-2-3-6(8)4-5-7/h13H,1-2H2,(H,7,8)(H,9,10)(H,11,12);6-8H,2-5H2,1H3. The van der Waals surface area contributed by atoms with E-state index in [1.54, 1.807) is 0 Å². The molecule has 0 heterocycles. The summed E-state index contributed by atoms with van der Waals surface area (Å²) in [4.78, 5) is 30.5. The molecule has 0 aromatic carbocycles. The topological polar surface area (TPSA) is 173 Å². The maximum absolute atomic E-state index is 10.3. The minimum atomic E-state index is -2.74. The van der Waals surface area contributed by atoms with Gasteiger partial charge in [0.25, 0.3) is 0 Å². The molecule has 124 valence electrons. The second kappa shape index (κ2) is 11.0. The third kappa shape index (κ3) is 11.8. The highest BCUT2D eigenvalue weighted by Gasteiger charge is 2.40. The molecule has 21 heavy (non-hydrogen) atoms. The Morgan fingerprint density at radius 1 is 1.00 bits per heavy atom. The van der Waals surface area contributed by atoms with Crippen LogP contribution in [0.1, 0.15) is 39.0 Å². The molecular formula is C12H22O9. The van der Waals surface area contributed by atoms with Gasteiger partial charge >= 0.3 is 17.9 Å². The van der Waals surface area contributed by atoms with Gasteiger partial charge in [-0.1, -0.05) is 13.3 Å².